The van der Waals surface area contributed by atoms with Crippen LogP contribution in [0.1, 0.15) is 18.2 Å². The molecule has 0 bridgehead atoms. The molecule has 2 aromatic rings. The van der Waals surface area contributed by atoms with Gasteiger partial charge in [0.1, 0.15) is 5.69 Å². The zero-order valence-electron chi connectivity index (χ0n) is 11.8. The van der Waals surface area contributed by atoms with E-state index in [1.165, 1.54) is 24.7 Å². The third kappa shape index (κ3) is 3.73. The molecule has 0 aliphatic rings. The molecule has 2 rings (SSSR count). The van der Waals surface area contributed by atoms with Crippen LogP contribution in [0, 0.1) is 0 Å². The maximum absolute atomic E-state index is 12.7. The Kier molecular flexibility index (Phi) is 4.36. The van der Waals surface area contributed by atoms with Gasteiger partial charge in [-0.15, -0.1) is 0 Å². The fourth-order valence-electron chi connectivity index (χ4n) is 1.60. The smallest absolute Gasteiger partial charge is 0.281 e. The van der Waals surface area contributed by atoms with Gasteiger partial charge in [-0.1, -0.05) is 6.07 Å². The summed E-state index contributed by atoms with van der Waals surface area (Å²) in [6, 6.07) is 3.70. The van der Waals surface area contributed by atoms with E-state index in [1.807, 2.05) is 0 Å². The first kappa shape index (κ1) is 16.2. The Morgan fingerprint density at radius 3 is 2.32 bits per heavy atom. The summed E-state index contributed by atoms with van der Waals surface area (Å²) in [5.41, 5.74) is -0.644. The Bertz CT molecular complexity index is 766. The number of hydrogen-bond donors (Lipinski definition) is 1. The van der Waals surface area contributed by atoms with Crippen molar-refractivity contribution in [3.63, 3.8) is 0 Å². The summed E-state index contributed by atoms with van der Waals surface area (Å²) < 4.78 is 52.8. The largest absolute Gasteiger partial charge is 0.433 e. The third-order valence-electron chi connectivity index (χ3n) is 2.90. The second kappa shape index (κ2) is 5.91. The summed E-state index contributed by atoms with van der Waals surface area (Å²) in [6.45, 7) is 1.56. The predicted molar refractivity (Wildman–Crippen MR) is 78.7 cm³/mol. The van der Waals surface area contributed by atoms with Gasteiger partial charge in [0, 0.05) is 35.3 Å². The number of halogens is 3. The van der Waals surface area contributed by atoms with Crippen molar-refractivity contribution in [1.82, 2.24) is 15.0 Å². The van der Waals surface area contributed by atoms with Crippen LogP contribution in [0.5, 0.6) is 0 Å². The Morgan fingerprint density at radius 2 is 1.82 bits per heavy atom. The van der Waals surface area contributed by atoms with E-state index in [0.717, 1.165) is 12.3 Å². The van der Waals surface area contributed by atoms with Gasteiger partial charge in [0.15, 0.2) is 0 Å². The number of hydrogen-bond acceptors (Lipinski definition) is 4. The maximum atomic E-state index is 12.7. The van der Waals surface area contributed by atoms with Crippen LogP contribution in [0.2, 0.25) is 0 Å². The first-order valence-corrected chi connectivity index (χ1v) is 8.08. The van der Waals surface area contributed by atoms with Crippen LogP contribution >= 0.6 is 0 Å². The first-order chi connectivity index (χ1) is 10.2. The SMILES string of the molecule is CC(c1ccc(C(F)(F)F)nc1)=S(C)(=O)Nc1ncccn1. The minimum absolute atomic E-state index is 0.175. The molecular weight excluding hydrogens is 317 g/mol. The van der Waals surface area contributed by atoms with E-state index >= 15 is 0 Å². The van der Waals surface area contributed by atoms with E-state index < -0.39 is 21.6 Å². The van der Waals surface area contributed by atoms with Gasteiger partial charge in [-0.05, 0) is 19.1 Å². The quantitative estimate of drug-likeness (QED) is 0.693. The van der Waals surface area contributed by atoms with E-state index in [4.69, 9.17) is 0 Å². The van der Waals surface area contributed by atoms with Crippen LogP contribution in [-0.4, -0.2) is 30.3 Å². The molecule has 0 amide bonds. The number of nitrogens with zero attached hydrogens (tertiary/aromatic N) is 3. The van der Waals surface area contributed by atoms with E-state index in [2.05, 4.69) is 19.7 Å². The van der Waals surface area contributed by atoms with Crippen LogP contribution < -0.4 is 4.72 Å². The van der Waals surface area contributed by atoms with E-state index in [1.54, 1.807) is 13.0 Å². The number of rotatable bonds is 3. The molecule has 0 radical (unpaired) electrons. The van der Waals surface area contributed by atoms with Crippen LogP contribution in [-0.2, 0) is 15.9 Å². The molecule has 2 aromatic heterocycles. The molecule has 1 N–H and O–H groups in total. The standard InChI is InChI=1S/C13H13F3N4OS/c1-9(10-4-5-11(19-8-10)13(14,15)16)22(2,21)20-12-17-6-3-7-18-12/h3-8H,1-2H3,(H,17,18,20,21). The topological polar surface area (TPSA) is 67.8 Å². The summed E-state index contributed by atoms with van der Waals surface area (Å²) in [7, 11) is -2.74. The number of anilines is 1. The highest BCUT2D eigenvalue weighted by Crippen LogP contribution is 2.27. The van der Waals surface area contributed by atoms with Crippen molar-refractivity contribution < 1.29 is 17.4 Å². The van der Waals surface area contributed by atoms with Crippen molar-refractivity contribution in [2.45, 2.75) is 13.1 Å². The number of alkyl halides is 3. The molecule has 1 atom stereocenters. The molecule has 0 fully saturated rings. The third-order valence-corrected chi connectivity index (χ3v) is 4.87. The first-order valence-electron chi connectivity index (χ1n) is 6.11. The number of nitrogens with one attached hydrogen (secondary N) is 1. The fraction of sp³-hybridized carbons (Fsp3) is 0.231. The zero-order chi connectivity index (χ0) is 16.4. The van der Waals surface area contributed by atoms with Crippen molar-refractivity contribution in [1.29, 1.82) is 0 Å². The molecule has 0 spiro atoms. The van der Waals surface area contributed by atoms with Crippen molar-refractivity contribution in [2.75, 3.05) is 11.0 Å². The normalized spacial score (nSPS) is 14.2. The summed E-state index contributed by atoms with van der Waals surface area (Å²) in [6.07, 6.45) is 0.946. The van der Waals surface area contributed by atoms with Gasteiger partial charge >= 0.3 is 6.18 Å². The number of aromatic nitrogens is 3. The minimum atomic E-state index is -4.50. The average Bonchev–Trinajstić information content (AvgIpc) is 2.46. The molecule has 1 unspecified atom stereocenters. The highest BCUT2D eigenvalue weighted by atomic mass is 32.2. The minimum Gasteiger partial charge on any atom is -0.281 e. The average molecular weight is 330 g/mol. The Balaban J connectivity index is 2.36. The van der Waals surface area contributed by atoms with Gasteiger partial charge in [-0.3, -0.25) is 9.71 Å². The van der Waals surface area contributed by atoms with E-state index in [0.29, 0.717) is 10.4 Å². The lowest BCUT2D eigenvalue weighted by atomic mass is 10.2. The second-order valence-corrected chi connectivity index (χ2v) is 7.01. The molecule has 9 heteroatoms. The summed E-state index contributed by atoms with van der Waals surface area (Å²) in [5.74, 6) is 0.175. The Labute approximate surface area is 125 Å². The second-order valence-electron chi connectivity index (χ2n) is 4.50. The van der Waals surface area contributed by atoms with Crippen molar-refractivity contribution in [3.05, 3.63) is 48.0 Å². The molecule has 0 aliphatic carbocycles. The molecule has 0 aliphatic heterocycles. The van der Waals surface area contributed by atoms with Crippen LogP contribution in [0.3, 0.4) is 0 Å². The molecular formula is C13H13F3N4OS. The van der Waals surface area contributed by atoms with Crippen molar-refractivity contribution in [3.8, 4) is 0 Å². The van der Waals surface area contributed by atoms with Crippen LogP contribution in [0.15, 0.2) is 36.8 Å². The molecule has 0 saturated carbocycles. The summed E-state index contributed by atoms with van der Waals surface area (Å²) in [4.78, 5) is 11.5. The van der Waals surface area contributed by atoms with Crippen molar-refractivity contribution in [2.24, 2.45) is 0 Å². The fourth-order valence-corrected chi connectivity index (χ4v) is 2.77. The molecule has 0 saturated heterocycles. The Morgan fingerprint density at radius 1 is 1.18 bits per heavy atom. The lowest BCUT2D eigenvalue weighted by Gasteiger charge is -2.13. The highest BCUT2D eigenvalue weighted by molar-refractivity contribution is 8.03. The predicted octanol–water partition coefficient (Wildman–Crippen LogP) is 2.37. The van der Waals surface area contributed by atoms with Gasteiger partial charge in [-0.2, -0.15) is 13.2 Å². The van der Waals surface area contributed by atoms with Gasteiger partial charge in [0.05, 0.1) is 9.71 Å². The summed E-state index contributed by atoms with van der Waals surface area (Å²) >= 11 is 0. The zero-order valence-corrected chi connectivity index (χ0v) is 12.6. The van der Waals surface area contributed by atoms with Crippen molar-refractivity contribution >= 4 is 20.5 Å². The molecule has 22 heavy (non-hydrogen) atoms. The van der Waals surface area contributed by atoms with Gasteiger partial charge in [0.25, 0.3) is 0 Å². The van der Waals surface area contributed by atoms with Gasteiger partial charge in [-0.25, -0.2) is 14.2 Å². The van der Waals surface area contributed by atoms with Gasteiger partial charge < -0.3 is 0 Å². The molecule has 2 heterocycles. The molecule has 5 nitrogen and oxygen atoms in total. The lowest BCUT2D eigenvalue weighted by molar-refractivity contribution is -0.141. The maximum Gasteiger partial charge on any atom is 0.433 e. The van der Waals surface area contributed by atoms with Crippen LogP contribution in [0.4, 0.5) is 19.1 Å². The lowest BCUT2D eigenvalue weighted by Crippen LogP contribution is -2.21. The molecule has 0 aromatic carbocycles. The summed E-state index contributed by atoms with van der Waals surface area (Å²) in [5, 5.41) is 0. The highest BCUT2D eigenvalue weighted by Gasteiger charge is 2.32. The monoisotopic (exact) mass is 330 g/mol. The molecule has 118 valence electrons. The van der Waals surface area contributed by atoms with Crippen LogP contribution in [0.25, 0.3) is 0 Å². The Hall–Kier alpha value is -2.16. The number of pyridine rings is 1. The van der Waals surface area contributed by atoms with E-state index in [9.17, 15) is 17.4 Å². The van der Waals surface area contributed by atoms with Gasteiger partial charge in [0.2, 0.25) is 5.95 Å². The van der Waals surface area contributed by atoms with E-state index in [-0.39, 0.29) is 5.95 Å².